The Morgan fingerprint density at radius 1 is 1.20 bits per heavy atom. The minimum Gasteiger partial charge on any atom is -0.371 e. The van der Waals surface area contributed by atoms with E-state index in [2.05, 4.69) is 33.2 Å². The van der Waals surface area contributed by atoms with Gasteiger partial charge in [0.25, 0.3) is 5.91 Å². The van der Waals surface area contributed by atoms with Crippen LogP contribution in [0, 0.1) is 6.92 Å². The summed E-state index contributed by atoms with van der Waals surface area (Å²) in [6, 6.07) is 7.84. The summed E-state index contributed by atoms with van der Waals surface area (Å²) in [5.74, 6) is -0.165. The fourth-order valence-corrected chi connectivity index (χ4v) is 3.39. The summed E-state index contributed by atoms with van der Waals surface area (Å²) in [5.41, 5.74) is 5.15. The highest BCUT2D eigenvalue weighted by Gasteiger charge is 2.17. The number of aromatic nitrogens is 3. The molecule has 4 rings (SSSR count). The number of imidazole rings is 1. The fraction of sp³-hybridized carbons (Fsp3) is 0.316. The Morgan fingerprint density at radius 2 is 2.00 bits per heavy atom. The van der Waals surface area contributed by atoms with Gasteiger partial charge >= 0.3 is 0 Å². The van der Waals surface area contributed by atoms with Crippen molar-refractivity contribution in [3.8, 4) is 0 Å². The molecule has 0 atom stereocenters. The van der Waals surface area contributed by atoms with Gasteiger partial charge in [0.15, 0.2) is 5.65 Å². The molecule has 2 aromatic heterocycles. The van der Waals surface area contributed by atoms with Gasteiger partial charge in [-0.2, -0.15) is 0 Å². The number of rotatable bonds is 3. The van der Waals surface area contributed by atoms with Gasteiger partial charge in [0, 0.05) is 37.7 Å². The molecule has 1 amide bonds. The molecule has 0 saturated carbocycles. The van der Waals surface area contributed by atoms with Crippen LogP contribution in [0.1, 0.15) is 28.8 Å². The average molecular weight is 335 g/mol. The van der Waals surface area contributed by atoms with Crippen molar-refractivity contribution in [3.63, 3.8) is 0 Å². The van der Waals surface area contributed by atoms with Crippen LogP contribution in [0.3, 0.4) is 0 Å². The Bertz CT molecular complexity index is 940. The van der Waals surface area contributed by atoms with Crippen molar-refractivity contribution < 1.29 is 4.79 Å². The predicted octanol–water partition coefficient (Wildman–Crippen LogP) is 3.13. The fourth-order valence-electron chi connectivity index (χ4n) is 3.39. The van der Waals surface area contributed by atoms with E-state index in [9.17, 15) is 4.79 Å². The number of carbonyl (C=O) groups excluding carboxylic acids is 1. The van der Waals surface area contributed by atoms with Gasteiger partial charge in [0.05, 0.1) is 11.9 Å². The van der Waals surface area contributed by atoms with Gasteiger partial charge in [-0.3, -0.25) is 4.79 Å². The van der Waals surface area contributed by atoms with Crippen LogP contribution in [0.4, 0.5) is 11.4 Å². The molecule has 25 heavy (non-hydrogen) atoms. The monoisotopic (exact) mass is 335 g/mol. The van der Waals surface area contributed by atoms with Gasteiger partial charge in [-0.1, -0.05) is 6.07 Å². The van der Waals surface area contributed by atoms with Crippen LogP contribution in [0.2, 0.25) is 0 Å². The summed E-state index contributed by atoms with van der Waals surface area (Å²) < 4.78 is 1.83. The molecule has 0 spiro atoms. The van der Waals surface area contributed by atoms with Gasteiger partial charge in [0.1, 0.15) is 5.52 Å². The van der Waals surface area contributed by atoms with E-state index < -0.39 is 0 Å². The van der Waals surface area contributed by atoms with E-state index in [1.807, 2.05) is 23.7 Å². The van der Waals surface area contributed by atoms with Gasteiger partial charge < -0.3 is 14.8 Å². The third-order valence-electron chi connectivity index (χ3n) is 4.81. The molecule has 0 aliphatic carbocycles. The molecule has 0 unspecified atom stereocenters. The van der Waals surface area contributed by atoms with E-state index in [4.69, 9.17) is 0 Å². The van der Waals surface area contributed by atoms with Crippen LogP contribution >= 0.6 is 0 Å². The second-order valence-corrected chi connectivity index (χ2v) is 6.52. The molecule has 0 radical (unpaired) electrons. The van der Waals surface area contributed by atoms with Crippen molar-refractivity contribution in [2.75, 3.05) is 23.3 Å². The first-order valence-electron chi connectivity index (χ1n) is 8.56. The van der Waals surface area contributed by atoms with E-state index in [-0.39, 0.29) is 5.91 Å². The molecule has 1 saturated heterocycles. The molecule has 1 aliphatic rings. The topological polar surface area (TPSA) is 63.1 Å². The minimum absolute atomic E-state index is 0.165. The first kappa shape index (κ1) is 15.6. The van der Waals surface area contributed by atoms with Gasteiger partial charge in [-0.25, -0.2) is 9.97 Å². The number of pyridine rings is 1. The highest BCUT2D eigenvalue weighted by Crippen LogP contribution is 2.29. The lowest BCUT2D eigenvalue weighted by Gasteiger charge is -2.22. The molecule has 1 aromatic carbocycles. The molecule has 0 bridgehead atoms. The normalized spacial score (nSPS) is 14.2. The van der Waals surface area contributed by atoms with Crippen LogP contribution in [-0.4, -0.2) is 33.5 Å². The first-order valence-corrected chi connectivity index (χ1v) is 8.56. The molecule has 6 heteroatoms. The lowest BCUT2D eigenvalue weighted by atomic mass is 10.1. The van der Waals surface area contributed by atoms with E-state index in [1.165, 1.54) is 18.5 Å². The summed E-state index contributed by atoms with van der Waals surface area (Å²) in [4.78, 5) is 23.6. The zero-order chi connectivity index (χ0) is 17.4. The number of anilines is 2. The maximum Gasteiger partial charge on any atom is 0.257 e. The zero-order valence-electron chi connectivity index (χ0n) is 14.5. The number of benzene rings is 1. The molecule has 128 valence electrons. The highest BCUT2D eigenvalue weighted by molar-refractivity contribution is 6.06. The molecule has 1 N–H and O–H groups in total. The Hall–Kier alpha value is -2.89. The quantitative estimate of drug-likeness (QED) is 0.799. The summed E-state index contributed by atoms with van der Waals surface area (Å²) in [6.07, 6.45) is 5.75. The van der Waals surface area contributed by atoms with E-state index in [1.54, 1.807) is 18.6 Å². The Kier molecular flexibility index (Phi) is 3.87. The number of hydrogen-bond donors (Lipinski definition) is 1. The molecule has 1 aliphatic heterocycles. The summed E-state index contributed by atoms with van der Waals surface area (Å²) in [5, 5.41) is 3.02. The Balaban J connectivity index is 1.60. The second kappa shape index (κ2) is 6.20. The molecule has 6 nitrogen and oxygen atoms in total. The maximum absolute atomic E-state index is 12.7. The molecular weight excluding hydrogens is 314 g/mol. The minimum atomic E-state index is -0.165. The van der Waals surface area contributed by atoms with Gasteiger partial charge in [-0.05, 0) is 43.5 Å². The van der Waals surface area contributed by atoms with Crippen molar-refractivity contribution in [1.82, 2.24) is 14.5 Å². The van der Waals surface area contributed by atoms with Crippen LogP contribution < -0.4 is 10.2 Å². The molecule has 3 aromatic rings. The molecule has 3 heterocycles. The number of fused-ring (bicyclic) bond motifs is 1. The lowest BCUT2D eigenvalue weighted by molar-refractivity contribution is 0.102. The van der Waals surface area contributed by atoms with Crippen LogP contribution in [-0.2, 0) is 7.05 Å². The Labute approximate surface area is 146 Å². The number of nitrogens with zero attached hydrogens (tertiary/aromatic N) is 4. The number of amides is 1. The van der Waals surface area contributed by atoms with Gasteiger partial charge in [-0.15, -0.1) is 0 Å². The van der Waals surface area contributed by atoms with Crippen molar-refractivity contribution in [3.05, 3.63) is 47.9 Å². The van der Waals surface area contributed by atoms with Gasteiger partial charge in [0.2, 0.25) is 0 Å². The summed E-state index contributed by atoms with van der Waals surface area (Å²) >= 11 is 0. The largest absolute Gasteiger partial charge is 0.371 e. The van der Waals surface area contributed by atoms with Crippen molar-refractivity contribution in [1.29, 1.82) is 0 Å². The van der Waals surface area contributed by atoms with Crippen LogP contribution in [0.5, 0.6) is 0 Å². The number of nitrogens with one attached hydrogen (secondary N) is 1. The number of aryl methyl sites for hydroxylation is 1. The first-order chi connectivity index (χ1) is 12.1. The second-order valence-electron chi connectivity index (χ2n) is 6.52. The van der Waals surface area contributed by atoms with E-state index in [0.29, 0.717) is 5.56 Å². The molecular formula is C19H21N5O. The standard InChI is InChI=1S/C19H21N5O/c1-13-15(6-5-7-17(13)24-8-3-4-9-24)22-19(25)14-10-16-18(20-11-14)23(2)12-21-16/h5-7,10-12H,3-4,8-9H2,1-2H3,(H,22,25). The lowest BCUT2D eigenvalue weighted by Crippen LogP contribution is -2.20. The average Bonchev–Trinajstić information content (AvgIpc) is 3.27. The number of hydrogen-bond acceptors (Lipinski definition) is 4. The SMILES string of the molecule is Cc1c(NC(=O)c2cnc3c(c2)ncn3C)cccc1N1CCCC1. The third-order valence-corrected chi connectivity index (χ3v) is 4.81. The zero-order valence-corrected chi connectivity index (χ0v) is 14.5. The smallest absolute Gasteiger partial charge is 0.257 e. The Morgan fingerprint density at radius 3 is 2.80 bits per heavy atom. The number of carbonyl (C=O) groups is 1. The molecule has 1 fully saturated rings. The van der Waals surface area contributed by atoms with E-state index >= 15 is 0 Å². The van der Waals surface area contributed by atoms with Crippen molar-refractivity contribution in [2.45, 2.75) is 19.8 Å². The van der Waals surface area contributed by atoms with E-state index in [0.717, 1.165) is 35.5 Å². The summed E-state index contributed by atoms with van der Waals surface area (Å²) in [6.45, 7) is 4.22. The maximum atomic E-state index is 12.7. The van der Waals surface area contributed by atoms with Crippen molar-refractivity contribution >= 4 is 28.4 Å². The van der Waals surface area contributed by atoms with Crippen LogP contribution in [0.25, 0.3) is 11.2 Å². The van der Waals surface area contributed by atoms with Crippen molar-refractivity contribution in [2.24, 2.45) is 7.05 Å². The summed E-state index contributed by atoms with van der Waals surface area (Å²) in [7, 11) is 1.88. The third kappa shape index (κ3) is 2.84. The van der Waals surface area contributed by atoms with Crippen LogP contribution in [0.15, 0.2) is 36.8 Å². The highest BCUT2D eigenvalue weighted by atomic mass is 16.1. The predicted molar refractivity (Wildman–Crippen MR) is 99.1 cm³/mol.